The van der Waals surface area contributed by atoms with Gasteiger partial charge in [-0.25, -0.2) is 10.1 Å². The number of nitrogens with zero attached hydrogens (tertiary/aromatic N) is 2. The molecule has 1 aromatic carbocycles. The summed E-state index contributed by atoms with van der Waals surface area (Å²) in [5.74, 6) is -0.327. The molecular formula is C14H12N4O3. The van der Waals surface area contributed by atoms with Crippen LogP contribution in [0.3, 0.4) is 0 Å². The lowest BCUT2D eigenvalue weighted by Gasteiger charge is -2.04. The molecule has 0 saturated carbocycles. The van der Waals surface area contributed by atoms with Gasteiger partial charge in [0.1, 0.15) is 11.2 Å². The number of oxazole rings is 1. The van der Waals surface area contributed by atoms with Crippen molar-refractivity contribution in [2.45, 2.75) is 6.42 Å². The molecule has 7 nitrogen and oxygen atoms in total. The highest BCUT2D eigenvalue weighted by Crippen LogP contribution is 2.14. The summed E-state index contributed by atoms with van der Waals surface area (Å²) in [6.45, 7) is 0.458. The third-order valence-corrected chi connectivity index (χ3v) is 3.01. The summed E-state index contributed by atoms with van der Waals surface area (Å²) in [5.41, 5.74) is 2.41. The van der Waals surface area contributed by atoms with Gasteiger partial charge in [-0.3, -0.25) is 9.59 Å². The average molecular weight is 284 g/mol. The first-order valence-electron chi connectivity index (χ1n) is 6.38. The van der Waals surface area contributed by atoms with Crippen molar-refractivity contribution in [2.75, 3.05) is 6.54 Å². The molecule has 0 fully saturated rings. The molecule has 0 saturated heterocycles. The van der Waals surface area contributed by atoms with Crippen LogP contribution in [0, 0.1) is 0 Å². The lowest BCUT2D eigenvalue weighted by Crippen LogP contribution is -2.27. The fraction of sp³-hybridized carbons (Fsp3) is 0.143. The Morgan fingerprint density at radius 3 is 3.00 bits per heavy atom. The van der Waals surface area contributed by atoms with E-state index in [-0.39, 0.29) is 17.2 Å². The van der Waals surface area contributed by atoms with Crippen LogP contribution >= 0.6 is 0 Å². The van der Waals surface area contributed by atoms with Crippen molar-refractivity contribution in [1.82, 2.24) is 20.5 Å². The molecule has 0 unspecified atom stereocenters. The van der Waals surface area contributed by atoms with Crippen LogP contribution < -0.4 is 10.9 Å². The molecule has 0 spiro atoms. The largest absolute Gasteiger partial charge is 0.443 e. The molecule has 0 radical (unpaired) electrons. The maximum absolute atomic E-state index is 11.8. The minimum atomic E-state index is -0.341. The second-order valence-electron chi connectivity index (χ2n) is 4.47. The number of fused-ring (bicyclic) bond motifs is 1. The summed E-state index contributed by atoms with van der Waals surface area (Å²) in [7, 11) is 0. The average Bonchev–Trinajstić information content (AvgIpc) is 2.95. The first kappa shape index (κ1) is 13.0. The van der Waals surface area contributed by atoms with Gasteiger partial charge >= 0.3 is 0 Å². The molecule has 2 heterocycles. The quantitative estimate of drug-likeness (QED) is 0.740. The van der Waals surface area contributed by atoms with Crippen molar-refractivity contribution in [2.24, 2.45) is 0 Å². The number of H-pyrrole nitrogens is 1. The molecule has 2 N–H and O–H groups in total. The van der Waals surface area contributed by atoms with Crippen molar-refractivity contribution in [1.29, 1.82) is 0 Å². The summed E-state index contributed by atoms with van der Waals surface area (Å²) in [6, 6.07) is 8.36. The minimum Gasteiger partial charge on any atom is -0.443 e. The van der Waals surface area contributed by atoms with Gasteiger partial charge in [0.25, 0.3) is 11.5 Å². The number of carbonyl (C=O) groups is 1. The van der Waals surface area contributed by atoms with E-state index in [1.165, 1.54) is 18.5 Å². The van der Waals surface area contributed by atoms with Gasteiger partial charge in [0, 0.05) is 12.6 Å². The zero-order valence-corrected chi connectivity index (χ0v) is 11.0. The van der Waals surface area contributed by atoms with Gasteiger partial charge < -0.3 is 9.73 Å². The Kier molecular flexibility index (Phi) is 3.46. The van der Waals surface area contributed by atoms with Gasteiger partial charge in [-0.15, -0.1) is 0 Å². The number of carbonyl (C=O) groups excluding carboxylic acids is 1. The molecule has 0 aliphatic carbocycles. The fourth-order valence-electron chi connectivity index (χ4n) is 1.94. The Bertz CT molecular complexity index is 817. The van der Waals surface area contributed by atoms with Crippen LogP contribution in [-0.4, -0.2) is 27.6 Å². The molecule has 0 aliphatic heterocycles. The van der Waals surface area contributed by atoms with Crippen LogP contribution in [0.15, 0.2) is 45.9 Å². The molecule has 7 heteroatoms. The van der Waals surface area contributed by atoms with E-state index in [1.807, 2.05) is 18.2 Å². The van der Waals surface area contributed by atoms with Crippen molar-refractivity contribution in [3.8, 4) is 0 Å². The Labute approximate surface area is 119 Å². The number of rotatable bonds is 4. The molecule has 0 bridgehead atoms. The number of benzene rings is 1. The third kappa shape index (κ3) is 2.97. The highest BCUT2D eigenvalue weighted by atomic mass is 16.3. The number of hydrogen-bond acceptors (Lipinski definition) is 5. The molecule has 1 amide bonds. The van der Waals surface area contributed by atoms with Crippen LogP contribution in [0.25, 0.3) is 11.1 Å². The highest BCUT2D eigenvalue weighted by Gasteiger charge is 2.07. The van der Waals surface area contributed by atoms with Crippen molar-refractivity contribution in [3.63, 3.8) is 0 Å². The molecule has 0 atom stereocenters. The standard InChI is InChI=1S/C14H12N4O3/c19-13-4-3-11(17-18-13)14(20)15-6-5-9-1-2-10-12(7-9)21-8-16-10/h1-4,7-8H,5-6H2,(H,15,20)(H,18,19). The Morgan fingerprint density at radius 1 is 1.29 bits per heavy atom. The van der Waals surface area contributed by atoms with E-state index in [0.29, 0.717) is 13.0 Å². The first-order chi connectivity index (χ1) is 10.2. The van der Waals surface area contributed by atoms with Gasteiger partial charge in [-0.05, 0) is 30.2 Å². The second-order valence-corrected chi connectivity index (χ2v) is 4.47. The molecule has 3 rings (SSSR count). The van der Waals surface area contributed by atoms with Crippen LogP contribution in [0.1, 0.15) is 16.1 Å². The van der Waals surface area contributed by atoms with Gasteiger partial charge in [0.15, 0.2) is 12.0 Å². The van der Waals surface area contributed by atoms with E-state index >= 15 is 0 Å². The van der Waals surface area contributed by atoms with E-state index in [4.69, 9.17) is 4.42 Å². The monoisotopic (exact) mass is 284 g/mol. The van der Waals surface area contributed by atoms with Crippen molar-refractivity contribution >= 4 is 17.0 Å². The van der Waals surface area contributed by atoms with E-state index < -0.39 is 0 Å². The van der Waals surface area contributed by atoms with E-state index in [2.05, 4.69) is 20.5 Å². The topological polar surface area (TPSA) is 101 Å². The zero-order valence-electron chi connectivity index (χ0n) is 11.0. The summed E-state index contributed by atoms with van der Waals surface area (Å²) in [5, 5.41) is 8.62. The van der Waals surface area contributed by atoms with E-state index in [9.17, 15) is 9.59 Å². The van der Waals surface area contributed by atoms with Crippen LogP contribution in [0.4, 0.5) is 0 Å². The third-order valence-electron chi connectivity index (χ3n) is 3.01. The van der Waals surface area contributed by atoms with Crippen molar-refractivity contribution in [3.05, 3.63) is 58.3 Å². The minimum absolute atomic E-state index is 0.181. The first-order valence-corrected chi connectivity index (χ1v) is 6.38. The maximum atomic E-state index is 11.8. The van der Waals surface area contributed by atoms with Gasteiger partial charge in [-0.2, -0.15) is 5.10 Å². The van der Waals surface area contributed by atoms with Crippen LogP contribution in [0.5, 0.6) is 0 Å². The maximum Gasteiger partial charge on any atom is 0.271 e. The number of amides is 1. The summed E-state index contributed by atoms with van der Waals surface area (Å²) in [6.07, 6.45) is 2.06. The predicted molar refractivity (Wildman–Crippen MR) is 74.9 cm³/mol. The highest BCUT2D eigenvalue weighted by molar-refractivity contribution is 5.91. The SMILES string of the molecule is O=C(NCCc1ccc2ncoc2c1)c1ccc(=O)[nH]n1. The normalized spacial score (nSPS) is 10.7. The summed E-state index contributed by atoms with van der Waals surface area (Å²) in [4.78, 5) is 26.7. The smallest absolute Gasteiger partial charge is 0.271 e. The van der Waals surface area contributed by atoms with E-state index in [0.717, 1.165) is 16.7 Å². The van der Waals surface area contributed by atoms with Crippen LogP contribution in [0.2, 0.25) is 0 Å². The Hall–Kier alpha value is -2.96. The molecule has 0 aliphatic rings. The molecule has 21 heavy (non-hydrogen) atoms. The number of nitrogens with one attached hydrogen (secondary N) is 2. The summed E-state index contributed by atoms with van der Waals surface area (Å²) >= 11 is 0. The Morgan fingerprint density at radius 2 is 2.19 bits per heavy atom. The lowest BCUT2D eigenvalue weighted by atomic mass is 10.1. The molecule has 2 aromatic heterocycles. The number of hydrogen-bond donors (Lipinski definition) is 2. The fourth-order valence-corrected chi connectivity index (χ4v) is 1.94. The van der Waals surface area contributed by atoms with Gasteiger partial charge in [-0.1, -0.05) is 6.07 Å². The van der Waals surface area contributed by atoms with Crippen LogP contribution in [-0.2, 0) is 6.42 Å². The van der Waals surface area contributed by atoms with Gasteiger partial charge in [0.2, 0.25) is 0 Å². The predicted octanol–water partition coefficient (Wildman–Crippen LogP) is 0.884. The zero-order chi connectivity index (χ0) is 14.7. The molecule has 3 aromatic rings. The number of aromatic amines is 1. The molecule has 106 valence electrons. The number of aromatic nitrogens is 3. The Balaban J connectivity index is 1.59. The van der Waals surface area contributed by atoms with E-state index in [1.54, 1.807) is 0 Å². The van der Waals surface area contributed by atoms with Crippen molar-refractivity contribution < 1.29 is 9.21 Å². The second kappa shape index (κ2) is 5.58. The molecular weight excluding hydrogens is 272 g/mol. The lowest BCUT2D eigenvalue weighted by molar-refractivity contribution is 0.0948. The summed E-state index contributed by atoms with van der Waals surface area (Å²) < 4.78 is 5.22. The van der Waals surface area contributed by atoms with Gasteiger partial charge in [0.05, 0.1) is 0 Å².